The summed E-state index contributed by atoms with van der Waals surface area (Å²) in [4.78, 5) is 22.1. The molecule has 0 aliphatic carbocycles. The van der Waals surface area contributed by atoms with E-state index in [0.717, 1.165) is 0 Å². The van der Waals surface area contributed by atoms with Crippen LogP contribution in [-0.4, -0.2) is 41.8 Å². The van der Waals surface area contributed by atoms with Gasteiger partial charge in [-0.05, 0) is 25.7 Å². The molecule has 0 fully saturated rings. The van der Waals surface area contributed by atoms with Crippen molar-refractivity contribution in [1.29, 1.82) is 0 Å². The molecule has 0 aromatic carbocycles. The van der Waals surface area contributed by atoms with Gasteiger partial charge in [0.15, 0.2) is 0 Å². The number of esters is 1. The van der Waals surface area contributed by atoms with E-state index in [1.165, 1.54) is 0 Å². The highest BCUT2D eigenvalue weighted by molar-refractivity contribution is 6.33. The largest absolute Gasteiger partial charge is 0.460 e. The molecule has 0 atom stereocenters. The monoisotopic (exact) mass is 218 g/mol. The number of carbonyl (C=O) groups excluding carboxylic acids is 2. The number of unbranched alkanes of at least 4 members (excludes halogenated alkanes) is 2. The molecule has 5 nitrogen and oxygen atoms in total. The van der Waals surface area contributed by atoms with Gasteiger partial charge in [0.05, 0.1) is 6.61 Å². The molecular formula is C10H18O5. The SMILES string of the molecule is O=C(CCCCO)C(=O)OCCCCO. The van der Waals surface area contributed by atoms with Gasteiger partial charge in [0.2, 0.25) is 5.78 Å². The lowest BCUT2D eigenvalue weighted by Gasteiger charge is -2.02. The summed E-state index contributed by atoms with van der Waals surface area (Å²) in [5, 5.41) is 16.9. The normalized spacial score (nSPS) is 10.0. The van der Waals surface area contributed by atoms with E-state index in [1.807, 2.05) is 0 Å². The highest BCUT2D eigenvalue weighted by Crippen LogP contribution is 1.98. The van der Waals surface area contributed by atoms with Crippen LogP contribution in [-0.2, 0) is 14.3 Å². The van der Waals surface area contributed by atoms with Crippen molar-refractivity contribution < 1.29 is 24.5 Å². The average molecular weight is 218 g/mol. The zero-order valence-electron chi connectivity index (χ0n) is 8.78. The summed E-state index contributed by atoms with van der Waals surface area (Å²) in [6, 6.07) is 0. The zero-order chi connectivity index (χ0) is 11.5. The topological polar surface area (TPSA) is 83.8 Å². The van der Waals surface area contributed by atoms with Crippen LogP contribution in [0, 0.1) is 0 Å². The van der Waals surface area contributed by atoms with Crippen LogP contribution in [0.1, 0.15) is 32.1 Å². The van der Waals surface area contributed by atoms with E-state index in [4.69, 9.17) is 10.2 Å². The van der Waals surface area contributed by atoms with Gasteiger partial charge in [0, 0.05) is 19.6 Å². The number of hydrogen-bond donors (Lipinski definition) is 2. The van der Waals surface area contributed by atoms with E-state index >= 15 is 0 Å². The molecule has 0 spiro atoms. The molecule has 5 heteroatoms. The fourth-order valence-corrected chi connectivity index (χ4v) is 0.959. The predicted molar refractivity (Wildman–Crippen MR) is 53.2 cm³/mol. The van der Waals surface area contributed by atoms with E-state index in [-0.39, 0.29) is 26.2 Å². The Morgan fingerprint density at radius 2 is 1.53 bits per heavy atom. The maximum absolute atomic E-state index is 11.1. The third-order valence-electron chi connectivity index (χ3n) is 1.83. The smallest absolute Gasteiger partial charge is 0.374 e. The summed E-state index contributed by atoms with van der Waals surface area (Å²) in [5.41, 5.74) is 0. The standard InChI is InChI=1S/C10H18O5/c11-6-2-1-5-9(13)10(14)15-8-4-3-7-12/h11-12H,1-8H2. The number of rotatable bonds is 9. The lowest BCUT2D eigenvalue weighted by Crippen LogP contribution is -2.18. The first kappa shape index (κ1) is 14.1. The molecule has 0 aromatic heterocycles. The molecule has 0 radical (unpaired) electrons. The summed E-state index contributed by atoms with van der Waals surface area (Å²) < 4.78 is 4.67. The molecule has 0 saturated carbocycles. The van der Waals surface area contributed by atoms with Crippen LogP contribution >= 0.6 is 0 Å². The molecule has 0 amide bonds. The Labute approximate surface area is 89.0 Å². The van der Waals surface area contributed by atoms with Gasteiger partial charge >= 0.3 is 5.97 Å². The van der Waals surface area contributed by atoms with Crippen LogP contribution in [0.4, 0.5) is 0 Å². The van der Waals surface area contributed by atoms with Crippen LogP contribution < -0.4 is 0 Å². The van der Waals surface area contributed by atoms with Crippen molar-refractivity contribution in [2.24, 2.45) is 0 Å². The zero-order valence-corrected chi connectivity index (χ0v) is 8.78. The van der Waals surface area contributed by atoms with Crippen molar-refractivity contribution in [3.63, 3.8) is 0 Å². The molecular weight excluding hydrogens is 200 g/mol. The molecule has 0 heterocycles. The number of hydrogen-bond acceptors (Lipinski definition) is 5. The Balaban J connectivity index is 3.47. The van der Waals surface area contributed by atoms with Gasteiger partial charge in [0.25, 0.3) is 0 Å². The first-order valence-corrected chi connectivity index (χ1v) is 5.14. The van der Waals surface area contributed by atoms with E-state index in [0.29, 0.717) is 25.7 Å². The van der Waals surface area contributed by atoms with Crippen LogP contribution in [0.25, 0.3) is 0 Å². The number of ether oxygens (including phenoxy) is 1. The van der Waals surface area contributed by atoms with Crippen LogP contribution in [0.3, 0.4) is 0 Å². The van der Waals surface area contributed by atoms with Gasteiger partial charge in [-0.15, -0.1) is 0 Å². The first-order valence-electron chi connectivity index (χ1n) is 5.14. The van der Waals surface area contributed by atoms with Crippen LogP contribution in [0.2, 0.25) is 0 Å². The van der Waals surface area contributed by atoms with E-state index < -0.39 is 11.8 Å². The Hall–Kier alpha value is -0.940. The molecule has 0 aliphatic rings. The highest BCUT2D eigenvalue weighted by atomic mass is 16.5. The van der Waals surface area contributed by atoms with Crippen LogP contribution in [0.5, 0.6) is 0 Å². The van der Waals surface area contributed by atoms with Crippen molar-refractivity contribution in [2.45, 2.75) is 32.1 Å². The number of carbonyl (C=O) groups is 2. The average Bonchev–Trinajstić information content (AvgIpc) is 2.24. The maximum atomic E-state index is 11.1. The number of aliphatic hydroxyl groups excluding tert-OH is 2. The second-order valence-electron chi connectivity index (χ2n) is 3.17. The Morgan fingerprint density at radius 1 is 0.933 bits per heavy atom. The van der Waals surface area contributed by atoms with E-state index in [9.17, 15) is 9.59 Å². The summed E-state index contributed by atoms with van der Waals surface area (Å²) >= 11 is 0. The molecule has 2 N–H and O–H groups in total. The van der Waals surface area contributed by atoms with Gasteiger partial charge in [-0.2, -0.15) is 0 Å². The Morgan fingerprint density at radius 3 is 2.13 bits per heavy atom. The molecule has 0 aromatic rings. The summed E-state index contributed by atoms with van der Waals surface area (Å²) in [5.74, 6) is -1.36. The molecule has 0 rings (SSSR count). The minimum absolute atomic E-state index is 0.0266. The maximum Gasteiger partial charge on any atom is 0.374 e. The molecule has 0 bridgehead atoms. The quantitative estimate of drug-likeness (QED) is 0.324. The van der Waals surface area contributed by atoms with Gasteiger partial charge in [-0.25, -0.2) is 4.79 Å². The Bertz CT molecular complexity index is 190. The minimum atomic E-state index is -0.814. The van der Waals surface area contributed by atoms with Crippen molar-refractivity contribution in [2.75, 3.05) is 19.8 Å². The summed E-state index contributed by atoms with van der Waals surface area (Å²) in [6.45, 7) is 0.256. The minimum Gasteiger partial charge on any atom is -0.460 e. The number of Topliss-reactive ketones (excluding diaryl/α,β-unsaturated/α-hetero) is 1. The third-order valence-corrected chi connectivity index (χ3v) is 1.83. The first-order chi connectivity index (χ1) is 7.22. The predicted octanol–water partition coefficient (Wildman–Crippen LogP) is 0.0338. The molecule has 0 saturated heterocycles. The van der Waals surface area contributed by atoms with Crippen molar-refractivity contribution in [1.82, 2.24) is 0 Å². The van der Waals surface area contributed by atoms with Crippen molar-refractivity contribution in [3.8, 4) is 0 Å². The van der Waals surface area contributed by atoms with Gasteiger partial charge in [-0.3, -0.25) is 4.79 Å². The molecule has 0 unspecified atom stereocenters. The van der Waals surface area contributed by atoms with Gasteiger partial charge in [-0.1, -0.05) is 0 Å². The Kier molecular flexibility index (Phi) is 9.01. The van der Waals surface area contributed by atoms with E-state index in [2.05, 4.69) is 4.74 Å². The van der Waals surface area contributed by atoms with Gasteiger partial charge < -0.3 is 14.9 Å². The third kappa shape index (κ3) is 8.08. The van der Waals surface area contributed by atoms with E-state index in [1.54, 1.807) is 0 Å². The number of aliphatic hydroxyl groups is 2. The molecule has 88 valence electrons. The summed E-state index contributed by atoms with van der Waals surface area (Å²) in [7, 11) is 0. The fourth-order valence-electron chi connectivity index (χ4n) is 0.959. The molecule has 0 aliphatic heterocycles. The lowest BCUT2D eigenvalue weighted by atomic mass is 10.2. The van der Waals surface area contributed by atoms with Gasteiger partial charge in [0.1, 0.15) is 0 Å². The highest BCUT2D eigenvalue weighted by Gasteiger charge is 2.13. The summed E-state index contributed by atoms with van der Waals surface area (Å²) in [6.07, 6.45) is 2.27. The lowest BCUT2D eigenvalue weighted by molar-refractivity contribution is -0.154. The fraction of sp³-hybridized carbons (Fsp3) is 0.800. The molecule has 15 heavy (non-hydrogen) atoms. The van der Waals surface area contributed by atoms with Crippen molar-refractivity contribution in [3.05, 3.63) is 0 Å². The second kappa shape index (κ2) is 9.61. The van der Waals surface area contributed by atoms with Crippen LogP contribution in [0.15, 0.2) is 0 Å². The second-order valence-corrected chi connectivity index (χ2v) is 3.17. The van der Waals surface area contributed by atoms with Crippen molar-refractivity contribution >= 4 is 11.8 Å². The number of ketones is 1.